The molecule has 33 heavy (non-hydrogen) atoms. The number of hydrogen-bond acceptors (Lipinski definition) is 5. The van der Waals surface area contributed by atoms with Gasteiger partial charge < -0.3 is 15.4 Å². The van der Waals surface area contributed by atoms with E-state index < -0.39 is 17.8 Å². The Morgan fingerprint density at radius 2 is 1.97 bits per heavy atom. The van der Waals surface area contributed by atoms with Gasteiger partial charge in [-0.2, -0.15) is 18.2 Å². The van der Waals surface area contributed by atoms with E-state index in [1.807, 2.05) is 6.07 Å². The molecule has 1 aromatic heterocycles. The third kappa shape index (κ3) is 5.33. The Labute approximate surface area is 188 Å². The summed E-state index contributed by atoms with van der Waals surface area (Å²) in [5, 5.41) is 5.44. The summed E-state index contributed by atoms with van der Waals surface area (Å²) < 4.78 is 44.8. The molecule has 2 heterocycles. The van der Waals surface area contributed by atoms with Crippen LogP contribution >= 0.6 is 0 Å². The molecule has 3 aromatic rings. The van der Waals surface area contributed by atoms with E-state index in [-0.39, 0.29) is 5.69 Å². The molecule has 0 spiro atoms. The molecule has 0 saturated carbocycles. The van der Waals surface area contributed by atoms with Crippen LogP contribution in [0.2, 0.25) is 0 Å². The molecule has 4 rings (SSSR count). The third-order valence-electron chi connectivity index (χ3n) is 5.18. The molecule has 2 aromatic carbocycles. The quantitative estimate of drug-likeness (QED) is 0.525. The number of nitrogens with zero attached hydrogens (tertiary/aromatic N) is 3. The number of amides is 2. The third-order valence-corrected chi connectivity index (χ3v) is 5.18. The van der Waals surface area contributed by atoms with Gasteiger partial charge in [0.05, 0.1) is 5.56 Å². The van der Waals surface area contributed by atoms with Crippen LogP contribution in [0.5, 0.6) is 11.6 Å². The van der Waals surface area contributed by atoms with Crippen LogP contribution in [0.25, 0.3) is 0 Å². The van der Waals surface area contributed by atoms with Crippen molar-refractivity contribution in [2.75, 3.05) is 29.1 Å². The van der Waals surface area contributed by atoms with Gasteiger partial charge in [-0.05, 0) is 61.2 Å². The van der Waals surface area contributed by atoms with Crippen molar-refractivity contribution in [1.29, 1.82) is 0 Å². The lowest BCUT2D eigenvalue weighted by atomic mass is 10.1. The molecule has 0 atom stereocenters. The van der Waals surface area contributed by atoms with Gasteiger partial charge in [-0.15, -0.1) is 0 Å². The summed E-state index contributed by atoms with van der Waals surface area (Å²) >= 11 is 0. The molecule has 0 unspecified atom stereocenters. The van der Waals surface area contributed by atoms with Crippen molar-refractivity contribution in [1.82, 2.24) is 9.97 Å². The number of halogens is 3. The van der Waals surface area contributed by atoms with E-state index in [1.54, 1.807) is 36.3 Å². The SMILES string of the molecule is CNc1nccc(Oc2ccc3c(c2)CCCCN3C(=O)Nc2cccc(C(F)(F)F)c2)n1. The second kappa shape index (κ2) is 9.35. The number of aryl methyl sites for hydroxylation is 1. The summed E-state index contributed by atoms with van der Waals surface area (Å²) in [5.74, 6) is 1.37. The van der Waals surface area contributed by atoms with Gasteiger partial charge in [-0.1, -0.05) is 6.07 Å². The summed E-state index contributed by atoms with van der Waals surface area (Å²) in [6, 6.07) is 11.1. The molecule has 0 radical (unpaired) electrons. The average molecular weight is 457 g/mol. The lowest BCUT2D eigenvalue weighted by Gasteiger charge is -2.24. The predicted molar refractivity (Wildman–Crippen MR) is 119 cm³/mol. The number of rotatable bonds is 4. The van der Waals surface area contributed by atoms with Gasteiger partial charge in [0, 0.05) is 37.2 Å². The number of fused-ring (bicyclic) bond motifs is 1. The molecule has 7 nitrogen and oxygen atoms in total. The summed E-state index contributed by atoms with van der Waals surface area (Å²) in [7, 11) is 1.71. The van der Waals surface area contributed by atoms with Crippen molar-refractivity contribution in [2.24, 2.45) is 0 Å². The minimum atomic E-state index is -4.48. The fourth-order valence-corrected chi connectivity index (χ4v) is 3.61. The number of ether oxygens (including phenoxy) is 1. The zero-order valence-electron chi connectivity index (χ0n) is 17.8. The van der Waals surface area contributed by atoms with Crippen LogP contribution in [0.3, 0.4) is 0 Å². The summed E-state index contributed by atoms with van der Waals surface area (Å²) in [5.41, 5.74) is 0.879. The zero-order valence-corrected chi connectivity index (χ0v) is 17.8. The van der Waals surface area contributed by atoms with Crippen LogP contribution in [0, 0.1) is 0 Å². The number of carbonyl (C=O) groups is 1. The Morgan fingerprint density at radius 3 is 2.76 bits per heavy atom. The highest BCUT2D eigenvalue weighted by atomic mass is 19.4. The van der Waals surface area contributed by atoms with Crippen molar-refractivity contribution < 1.29 is 22.7 Å². The first-order valence-corrected chi connectivity index (χ1v) is 10.4. The van der Waals surface area contributed by atoms with Crippen molar-refractivity contribution in [2.45, 2.75) is 25.4 Å². The Hall–Kier alpha value is -3.82. The minimum Gasteiger partial charge on any atom is -0.439 e. The van der Waals surface area contributed by atoms with Crippen molar-refractivity contribution in [3.63, 3.8) is 0 Å². The number of aromatic nitrogens is 2. The largest absolute Gasteiger partial charge is 0.439 e. The number of nitrogens with one attached hydrogen (secondary N) is 2. The number of benzene rings is 2. The average Bonchev–Trinajstić information content (AvgIpc) is 3.01. The van der Waals surface area contributed by atoms with Gasteiger partial charge in [0.25, 0.3) is 0 Å². The Morgan fingerprint density at radius 1 is 1.12 bits per heavy atom. The Bertz CT molecular complexity index is 1150. The highest BCUT2D eigenvalue weighted by molar-refractivity contribution is 6.02. The molecule has 1 aliphatic heterocycles. The number of carbonyl (C=O) groups excluding carboxylic acids is 1. The summed E-state index contributed by atoms with van der Waals surface area (Å²) in [6.07, 6.45) is -0.535. The maximum absolute atomic E-state index is 13.0. The fourth-order valence-electron chi connectivity index (χ4n) is 3.61. The highest BCUT2D eigenvalue weighted by Crippen LogP contribution is 2.33. The van der Waals surface area contributed by atoms with Crippen LogP contribution in [0.1, 0.15) is 24.0 Å². The van der Waals surface area contributed by atoms with Gasteiger partial charge in [0.15, 0.2) is 0 Å². The van der Waals surface area contributed by atoms with Crippen LogP contribution in [-0.2, 0) is 12.6 Å². The van der Waals surface area contributed by atoms with E-state index in [9.17, 15) is 18.0 Å². The highest BCUT2D eigenvalue weighted by Gasteiger charge is 2.31. The lowest BCUT2D eigenvalue weighted by Crippen LogP contribution is -2.35. The minimum absolute atomic E-state index is 0.0877. The van der Waals surface area contributed by atoms with Crippen molar-refractivity contribution in [3.05, 3.63) is 65.9 Å². The summed E-state index contributed by atoms with van der Waals surface area (Å²) in [4.78, 5) is 22.8. The van der Waals surface area contributed by atoms with Crippen molar-refractivity contribution >= 4 is 23.4 Å². The van der Waals surface area contributed by atoms with Gasteiger partial charge in [-0.3, -0.25) is 4.90 Å². The van der Waals surface area contributed by atoms with Gasteiger partial charge in [0.2, 0.25) is 11.8 Å². The van der Waals surface area contributed by atoms with Gasteiger partial charge in [-0.25, -0.2) is 9.78 Å². The van der Waals surface area contributed by atoms with Crippen LogP contribution in [0.4, 0.5) is 35.3 Å². The Kier molecular flexibility index (Phi) is 6.34. The van der Waals surface area contributed by atoms with E-state index in [0.717, 1.165) is 37.0 Å². The van der Waals surface area contributed by atoms with E-state index >= 15 is 0 Å². The van der Waals surface area contributed by atoms with Crippen molar-refractivity contribution in [3.8, 4) is 11.6 Å². The molecule has 0 saturated heterocycles. The lowest BCUT2D eigenvalue weighted by molar-refractivity contribution is -0.137. The smallest absolute Gasteiger partial charge is 0.416 e. The molecule has 0 aliphatic carbocycles. The molecule has 10 heteroatoms. The Balaban J connectivity index is 1.55. The molecule has 2 N–H and O–H groups in total. The first-order valence-electron chi connectivity index (χ1n) is 10.4. The van der Waals surface area contributed by atoms with Crippen LogP contribution < -0.4 is 20.3 Å². The normalized spacial score (nSPS) is 13.6. The van der Waals surface area contributed by atoms with Crippen LogP contribution in [-0.4, -0.2) is 29.6 Å². The zero-order chi connectivity index (χ0) is 23.4. The number of hydrogen-bond donors (Lipinski definition) is 2. The second-order valence-electron chi connectivity index (χ2n) is 7.48. The summed E-state index contributed by atoms with van der Waals surface area (Å²) in [6.45, 7) is 0.454. The fraction of sp³-hybridized carbons (Fsp3) is 0.261. The molecule has 2 amide bonds. The van der Waals surface area contributed by atoms with Gasteiger partial charge in [0.1, 0.15) is 5.75 Å². The predicted octanol–water partition coefficient (Wildman–Crippen LogP) is 5.70. The van der Waals surface area contributed by atoms with E-state index in [2.05, 4.69) is 20.6 Å². The first kappa shape index (κ1) is 22.4. The number of anilines is 3. The van der Waals surface area contributed by atoms with Crippen LogP contribution in [0.15, 0.2) is 54.7 Å². The molecule has 0 fully saturated rings. The van der Waals surface area contributed by atoms with Gasteiger partial charge >= 0.3 is 12.2 Å². The molecule has 0 bridgehead atoms. The van der Waals surface area contributed by atoms with E-state index in [4.69, 9.17) is 4.74 Å². The van der Waals surface area contributed by atoms with E-state index in [1.165, 1.54) is 12.1 Å². The second-order valence-corrected chi connectivity index (χ2v) is 7.48. The maximum atomic E-state index is 13.0. The first-order chi connectivity index (χ1) is 15.8. The molecular formula is C23H22F3N5O2. The number of urea groups is 1. The molecular weight excluding hydrogens is 435 g/mol. The topological polar surface area (TPSA) is 79.4 Å². The number of alkyl halides is 3. The van der Waals surface area contributed by atoms with E-state index in [0.29, 0.717) is 29.8 Å². The molecule has 172 valence electrons. The maximum Gasteiger partial charge on any atom is 0.416 e. The molecule has 1 aliphatic rings. The standard InChI is InChI=1S/C23H22F3N5O2/c1-27-21-28-11-10-20(30-21)33-18-8-9-19-15(13-18)5-2-3-12-31(19)22(32)29-17-7-4-6-16(14-17)23(24,25)26/h4,6-11,13-14H,2-3,5,12H2,1H3,(H,29,32)(H,27,28,30). The monoisotopic (exact) mass is 457 g/mol.